The van der Waals surface area contributed by atoms with Crippen LogP contribution in [0, 0.1) is 0 Å². The molecule has 1 aromatic rings. The molecule has 2 heteroatoms. The Kier molecular flexibility index (Phi) is 4.48. The normalized spacial score (nSPS) is 12.1. The Bertz CT molecular complexity index is 305. The highest BCUT2D eigenvalue weighted by molar-refractivity contribution is 5.19. The second kappa shape index (κ2) is 5.44. The summed E-state index contributed by atoms with van der Waals surface area (Å²) in [6.07, 6.45) is 2.01. The van der Waals surface area contributed by atoms with Crippen LogP contribution in [0.15, 0.2) is 18.3 Å². The Labute approximate surface area is 99.7 Å². The van der Waals surface area contributed by atoms with E-state index in [0.717, 1.165) is 25.3 Å². The van der Waals surface area contributed by atoms with E-state index in [2.05, 4.69) is 56.6 Å². The molecular formula is C14H24N2. The number of pyridine rings is 1. The van der Waals surface area contributed by atoms with Crippen molar-refractivity contribution >= 4 is 0 Å². The van der Waals surface area contributed by atoms with Gasteiger partial charge in [-0.3, -0.25) is 9.88 Å². The lowest BCUT2D eigenvalue weighted by molar-refractivity contribution is 0.295. The van der Waals surface area contributed by atoms with Crippen LogP contribution in [0.1, 0.15) is 45.9 Å². The van der Waals surface area contributed by atoms with E-state index in [4.69, 9.17) is 0 Å². The lowest BCUT2D eigenvalue weighted by Gasteiger charge is -2.20. The van der Waals surface area contributed by atoms with Crippen LogP contribution in [-0.4, -0.2) is 23.0 Å². The van der Waals surface area contributed by atoms with Crippen LogP contribution in [0.25, 0.3) is 0 Å². The van der Waals surface area contributed by atoms with E-state index in [-0.39, 0.29) is 5.41 Å². The molecule has 0 aliphatic rings. The van der Waals surface area contributed by atoms with E-state index in [1.165, 1.54) is 5.56 Å². The molecule has 1 rings (SSSR count). The fraction of sp³-hybridized carbons (Fsp3) is 0.643. The summed E-state index contributed by atoms with van der Waals surface area (Å²) >= 11 is 0. The van der Waals surface area contributed by atoms with E-state index >= 15 is 0 Å². The van der Waals surface area contributed by atoms with Crippen molar-refractivity contribution in [1.29, 1.82) is 0 Å². The quantitative estimate of drug-likeness (QED) is 0.774. The maximum Gasteiger partial charge on any atom is 0.0457 e. The monoisotopic (exact) mass is 220 g/mol. The van der Waals surface area contributed by atoms with Gasteiger partial charge in [0.2, 0.25) is 0 Å². The first-order valence-electron chi connectivity index (χ1n) is 6.15. The molecule has 0 saturated carbocycles. The maximum atomic E-state index is 4.54. The molecule has 0 atom stereocenters. The number of rotatable bonds is 4. The smallest absolute Gasteiger partial charge is 0.0457 e. The Morgan fingerprint density at radius 1 is 1.12 bits per heavy atom. The average molecular weight is 220 g/mol. The molecule has 1 heterocycles. The van der Waals surface area contributed by atoms with Gasteiger partial charge in [-0.25, -0.2) is 0 Å². The molecule has 2 nitrogen and oxygen atoms in total. The molecule has 0 saturated heterocycles. The summed E-state index contributed by atoms with van der Waals surface area (Å²) in [7, 11) is 0. The predicted molar refractivity (Wildman–Crippen MR) is 69.6 cm³/mol. The third kappa shape index (κ3) is 3.60. The van der Waals surface area contributed by atoms with Gasteiger partial charge in [-0.05, 0) is 24.7 Å². The zero-order valence-electron chi connectivity index (χ0n) is 11.2. The van der Waals surface area contributed by atoms with Crippen molar-refractivity contribution in [3.63, 3.8) is 0 Å². The molecular weight excluding hydrogens is 196 g/mol. The zero-order chi connectivity index (χ0) is 12.2. The van der Waals surface area contributed by atoms with Crippen LogP contribution in [0.4, 0.5) is 0 Å². The van der Waals surface area contributed by atoms with E-state index in [1.807, 2.05) is 6.20 Å². The van der Waals surface area contributed by atoms with Crippen LogP contribution < -0.4 is 0 Å². The Morgan fingerprint density at radius 3 is 2.12 bits per heavy atom. The summed E-state index contributed by atoms with van der Waals surface area (Å²) in [5.41, 5.74) is 2.61. The highest BCUT2D eigenvalue weighted by atomic mass is 15.1. The van der Waals surface area contributed by atoms with Gasteiger partial charge in [0.15, 0.2) is 0 Å². The van der Waals surface area contributed by atoms with Crippen LogP contribution in [0.3, 0.4) is 0 Å². The second-order valence-electron chi connectivity index (χ2n) is 5.26. The van der Waals surface area contributed by atoms with Crippen molar-refractivity contribution < 1.29 is 0 Å². The highest BCUT2D eigenvalue weighted by Crippen LogP contribution is 2.19. The first kappa shape index (κ1) is 13.2. The van der Waals surface area contributed by atoms with Crippen LogP contribution >= 0.6 is 0 Å². The summed E-state index contributed by atoms with van der Waals surface area (Å²) < 4.78 is 0. The van der Waals surface area contributed by atoms with Crippen LogP contribution in [0.2, 0.25) is 0 Å². The van der Waals surface area contributed by atoms with Gasteiger partial charge in [-0.1, -0.05) is 40.7 Å². The maximum absolute atomic E-state index is 4.54. The van der Waals surface area contributed by atoms with E-state index < -0.39 is 0 Å². The van der Waals surface area contributed by atoms with Crippen molar-refractivity contribution in [2.75, 3.05) is 13.1 Å². The van der Waals surface area contributed by atoms with Gasteiger partial charge >= 0.3 is 0 Å². The number of hydrogen-bond acceptors (Lipinski definition) is 2. The number of hydrogen-bond donors (Lipinski definition) is 0. The first-order chi connectivity index (χ1) is 7.47. The van der Waals surface area contributed by atoms with Crippen molar-refractivity contribution in [2.45, 2.75) is 46.6 Å². The summed E-state index contributed by atoms with van der Waals surface area (Å²) in [5.74, 6) is 0. The van der Waals surface area contributed by atoms with Gasteiger partial charge in [0.05, 0.1) is 0 Å². The topological polar surface area (TPSA) is 16.1 Å². The molecule has 0 bridgehead atoms. The van der Waals surface area contributed by atoms with Gasteiger partial charge in [-0.15, -0.1) is 0 Å². The van der Waals surface area contributed by atoms with Gasteiger partial charge in [0.25, 0.3) is 0 Å². The van der Waals surface area contributed by atoms with Crippen molar-refractivity contribution in [1.82, 2.24) is 9.88 Å². The predicted octanol–water partition coefficient (Wildman–Crippen LogP) is 3.22. The SMILES string of the molecule is CCN(CC)Cc1ccc(C(C)(C)C)nc1. The van der Waals surface area contributed by atoms with Gasteiger partial charge in [-0.2, -0.15) is 0 Å². The summed E-state index contributed by atoms with van der Waals surface area (Å²) in [6.45, 7) is 14.2. The summed E-state index contributed by atoms with van der Waals surface area (Å²) in [4.78, 5) is 6.94. The molecule has 0 amide bonds. The molecule has 90 valence electrons. The van der Waals surface area contributed by atoms with Crippen LogP contribution in [-0.2, 0) is 12.0 Å². The second-order valence-corrected chi connectivity index (χ2v) is 5.26. The van der Waals surface area contributed by atoms with Crippen molar-refractivity contribution in [2.24, 2.45) is 0 Å². The molecule has 0 aliphatic heterocycles. The summed E-state index contributed by atoms with van der Waals surface area (Å²) in [5, 5.41) is 0. The lowest BCUT2D eigenvalue weighted by Crippen LogP contribution is -2.22. The van der Waals surface area contributed by atoms with E-state index in [1.54, 1.807) is 0 Å². The summed E-state index contributed by atoms with van der Waals surface area (Å²) in [6, 6.07) is 4.35. The standard InChI is InChI=1S/C14H24N2/c1-6-16(7-2)11-12-8-9-13(15-10-12)14(3,4)5/h8-10H,6-7,11H2,1-5H3. The van der Waals surface area contributed by atoms with Gasteiger partial charge in [0.1, 0.15) is 0 Å². The minimum Gasteiger partial charge on any atom is -0.300 e. The number of aromatic nitrogens is 1. The fourth-order valence-electron chi connectivity index (χ4n) is 1.67. The molecule has 0 unspecified atom stereocenters. The van der Waals surface area contributed by atoms with Crippen molar-refractivity contribution in [3.8, 4) is 0 Å². The largest absolute Gasteiger partial charge is 0.300 e. The third-order valence-corrected chi connectivity index (χ3v) is 2.89. The van der Waals surface area contributed by atoms with Gasteiger partial charge in [0, 0.05) is 23.9 Å². The molecule has 16 heavy (non-hydrogen) atoms. The molecule has 0 aliphatic carbocycles. The van der Waals surface area contributed by atoms with Crippen LogP contribution in [0.5, 0.6) is 0 Å². The molecule has 0 N–H and O–H groups in total. The molecule has 0 aromatic carbocycles. The Hall–Kier alpha value is -0.890. The molecule has 0 radical (unpaired) electrons. The Morgan fingerprint density at radius 2 is 1.75 bits per heavy atom. The van der Waals surface area contributed by atoms with E-state index in [0.29, 0.717) is 0 Å². The fourth-order valence-corrected chi connectivity index (χ4v) is 1.67. The lowest BCUT2D eigenvalue weighted by atomic mass is 9.91. The zero-order valence-corrected chi connectivity index (χ0v) is 11.2. The van der Waals surface area contributed by atoms with Crippen molar-refractivity contribution in [3.05, 3.63) is 29.6 Å². The molecule has 0 fully saturated rings. The number of nitrogens with zero attached hydrogens (tertiary/aromatic N) is 2. The highest BCUT2D eigenvalue weighted by Gasteiger charge is 2.14. The first-order valence-corrected chi connectivity index (χ1v) is 6.15. The Balaban J connectivity index is 2.72. The minimum atomic E-state index is 0.147. The average Bonchev–Trinajstić information content (AvgIpc) is 2.25. The third-order valence-electron chi connectivity index (χ3n) is 2.89. The molecule has 0 spiro atoms. The van der Waals surface area contributed by atoms with E-state index in [9.17, 15) is 0 Å². The molecule has 1 aromatic heterocycles. The minimum absolute atomic E-state index is 0.147. The van der Waals surface area contributed by atoms with Gasteiger partial charge < -0.3 is 0 Å².